The predicted molar refractivity (Wildman–Crippen MR) is 109 cm³/mol. The van der Waals surface area contributed by atoms with Crippen LogP contribution < -0.4 is 4.74 Å². The SMILES string of the molecule is CC(=O)Oc1ccc2c(c1)CC[C@@H]1[C@@H]2CC[C@@]2(C)[C@@H]1C[C@@H](OC(C)=O)[C@@H]2OC(C)=O. The zero-order valence-corrected chi connectivity index (χ0v) is 18.1. The lowest BCUT2D eigenvalue weighted by atomic mass is 9.55. The fourth-order valence-corrected chi connectivity index (χ4v) is 6.44. The molecule has 0 aromatic heterocycles. The molecule has 0 saturated heterocycles. The second kappa shape index (κ2) is 7.71. The highest BCUT2D eigenvalue weighted by Gasteiger charge is 2.61. The van der Waals surface area contributed by atoms with Crippen molar-refractivity contribution in [1.29, 1.82) is 0 Å². The Morgan fingerprint density at radius 2 is 1.73 bits per heavy atom. The highest BCUT2D eigenvalue weighted by molar-refractivity contribution is 5.69. The molecule has 2 fully saturated rings. The minimum Gasteiger partial charge on any atom is -0.459 e. The molecule has 0 bridgehead atoms. The Kier molecular flexibility index (Phi) is 5.37. The summed E-state index contributed by atoms with van der Waals surface area (Å²) in [4.78, 5) is 34.8. The van der Waals surface area contributed by atoms with Crippen LogP contribution in [-0.4, -0.2) is 30.1 Å². The van der Waals surface area contributed by atoms with Crippen molar-refractivity contribution in [3.8, 4) is 5.75 Å². The molecule has 1 aromatic carbocycles. The van der Waals surface area contributed by atoms with Gasteiger partial charge in [-0.25, -0.2) is 0 Å². The average Bonchev–Trinajstić information content (AvgIpc) is 2.92. The second-order valence-corrected chi connectivity index (χ2v) is 9.33. The molecule has 0 N–H and O–H groups in total. The summed E-state index contributed by atoms with van der Waals surface area (Å²) in [6.45, 7) is 6.45. The van der Waals surface area contributed by atoms with E-state index in [1.165, 1.54) is 31.9 Å². The van der Waals surface area contributed by atoms with Gasteiger partial charge in [0.05, 0.1) is 0 Å². The lowest BCUT2D eigenvalue weighted by molar-refractivity contribution is -0.171. The zero-order chi connectivity index (χ0) is 21.6. The third-order valence-corrected chi connectivity index (χ3v) is 7.48. The summed E-state index contributed by atoms with van der Waals surface area (Å²) >= 11 is 0. The molecular formula is C24H30O6. The van der Waals surface area contributed by atoms with E-state index in [-0.39, 0.29) is 29.4 Å². The smallest absolute Gasteiger partial charge is 0.308 e. The molecule has 0 unspecified atom stereocenters. The Morgan fingerprint density at radius 1 is 1.00 bits per heavy atom. The summed E-state index contributed by atoms with van der Waals surface area (Å²) in [5.41, 5.74) is 2.40. The number of fused-ring (bicyclic) bond motifs is 5. The Morgan fingerprint density at radius 3 is 2.40 bits per heavy atom. The number of rotatable bonds is 3. The molecule has 6 atom stereocenters. The van der Waals surface area contributed by atoms with Crippen LogP contribution in [0.5, 0.6) is 5.75 Å². The third kappa shape index (κ3) is 3.61. The summed E-state index contributed by atoms with van der Waals surface area (Å²) in [5, 5.41) is 0. The summed E-state index contributed by atoms with van der Waals surface area (Å²) < 4.78 is 16.6. The van der Waals surface area contributed by atoms with Gasteiger partial charge in [-0.2, -0.15) is 0 Å². The van der Waals surface area contributed by atoms with Crippen molar-refractivity contribution in [2.45, 2.75) is 77.9 Å². The normalized spacial score (nSPS) is 34.2. The second-order valence-electron chi connectivity index (χ2n) is 9.33. The topological polar surface area (TPSA) is 78.9 Å². The summed E-state index contributed by atoms with van der Waals surface area (Å²) in [6, 6.07) is 5.99. The average molecular weight is 414 g/mol. The molecule has 3 aliphatic carbocycles. The van der Waals surface area contributed by atoms with Crippen molar-refractivity contribution in [2.75, 3.05) is 0 Å². The Hall–Kier alpha value is -2.37. The molecule has 3 aliphatic rings. The van der Waals surface area contributed by atoms with Crippen LogP contribution in [0.15, 0.2) is 18.2 Å². The molecule has 0 amide bonds. The van der Waals surface area contributed by atoms with E-state index in [4.69, 9.17) is 14.2 Å². The zero-order valence-electron chi connectivity index (χ0n) is 18.1. The van der Waals surface area contributed by atoms with E-state index in [1.807, 2.05) is 12.1 Å². The lowest BCUT2D eigenvalue weighted by Gasteiger charge is -2.50. The number of carbonyl (C=O) groups excluding carboxylic acids is 3. The monoisotopic (exact) mass is 414 g/mol. The van der Waals surface area contributed by atoms with Gasteiger partial charge >= 0.3 is 17.9 Å². The van der Waals surface area contributed by atoms with Gasteiger partial charge in [0.2, 0.25) is 0 Å². The van der Waals surface area contributed by atoms with Crippen LogP contribution >= 0.6 is 0 Å². The maximum absolute atomic E-state index is 11.8. The molecule has 30 heavy (non-hydrogen) atoms. The van der Waals surface area contributed by atoms with E-state index in [2.05, 4.69) is 13.0 Å². The molecule has 0 radical (unpaired) electrons. The third-order valence-electron chi connectivity index (χ3n) is 7.48. The highest BCUT2D eigenvalue weighted by atomic mass is 16.6. The number of benzene rings is 1. The first-order valence-electron chi connectivity index (χ1n) is 10.8. The highest BCUT2D eigenvalue weighted by Crippen LogP contribution is 2.62. The molecule has 2 saturated carbocycles. The molecular weight excluding hydrogens is 384 g/mol. The Balaban J connectivity index is 1.62. The first kappa shape index (κ1) is 20.9. The molecule has 0 spiro atoms. The lowest BCUT2D eigenvalue weighted by Crippen LogP contribution is -2.46. The van der Waals surface area contributed by atoms with Crippen LogP contribution in [0.3, 0.4) is 0 Å². The molecule has 6 heteroatoms. The predicted octanol–water partition coefficient (Wildman–Crippen LogP) is 3.94. The maximum atomic E-state index is 11.8. The van der Waals surface area contributed by atoms with Crippen LogP contribution in [0.25, 0.3) is 0 Å². The molecule has 162 valence electrons. The van der Waals surface area contributed by atoms with Gasteiger partial charge in [-0.3, -0.25) is 14.4 Å². The van der Waals surface area contributed by atoms with Crippen LogP contribution in [0.1, 0.15) is 70.4 Å². The van der Waals surface area contributed by atoms with E-state index in [1.54, 1.807) is 0 Å². The van der Waals surface area contributed by atoms with Crippen LogP contribution in [0.4, 0.5) is 0 Å². The van der Waals surface area contributed by atoms with Gasteiger partial charge in [-0.1, -0.05) is 13.0 Å². The van der Waals surface area contributed by atoms with E-state index in [0.717, 1.165) is 32.1 Å². The Labute approximate surface area is 177 Å². The fourth-order valence-electron chi connectivity index (χ4n) is 6.44. The summed E-state index contributed by atoms with van der Waals surface area (Å²) in [6.07, 6.45) is 3.83. The van der Waals surface area contributed by atoms with Crippen molar-refractivity contribution >= 4 is 17.9 Å². The van der Waals surface area contributed by atoms with Crippen LogP contribution in [0.2, 0.25) is 0 Å². The quantitative estimate of drug-likeness (QED) is 0.551. The molecule has 0 aliphatic heterocycles. The number of hydrogen-bond acceptors (Lipinski definition) is 6. The number of aryl methyl sites for hydroxylation is 1. The van der Waals surface area contributed by atoms with Crippen molar-refractivity contribution in [3.63, 3.8) is 0 Å². The van der Waals surface area contributed by atoms with Crippen molar-refractivity contribution in [2.24, 2.45) is 17.3 Å². The largest absolute Gasteiger partial charge is 0.459 e. The fraction of sp³-hybridized carbons (Fsp3) is 0.625. The molecule has 6 nitrogen and oxygen atoms in total. The van der Waals surface area contributed by atoms with E-state index >= 15 is 0 Å². The van der Waals surface area contributed by atoms with Gasteiger partial charge < -0.3 is 14.2 Å². The molecule has 4 rings (SSSR count). The minimum absolute atomic E-state index is 0.192. The number of ether oxygens (including phenoxy) is 3. The Bertz CT molecular complexity index is 876. The van der Waals surface area contributed by atoms with E-state index < -0.39 is 6.10 Å². The van der Waals surface area contributed by atoms with Gasteiger partial charge in [0.1, 0.15) is 18.0 Å². The van der Waals surface area contributed by atoms with E-state index in [0.29, 0.717) is 23.5 Å². The van der Waals surface area contributed by atoms with Crippen LogP contribution in [0, 0.1) is 17.3 Å². The molecule has 0 heterocycles. The van der Waals surface area contributed by atoms with Crippen LogP contribution in [-0.2, 0) is 30.3 Å². The van der Waals surface area contributed by atoms with Gasteiger partial charge in [0.15, 0.2) is 0 Å². The van der Waals surface area contributed by atoms with Crippen molar-refractivity contribution in [1.82, 2.24) is 0 Å². The van der Waals surface area contributed by atoms with Gasteiger partial charge in [0.25, 0.3) is 0 Å². The summed E-state index contributed by atoms with van der Waals surface area (Å²) in [7, 11) is 0. The van der Waals surface area contributed by atoms with Gasteiger partial charge in [0, 0.05) is 26.2 Å². The van der Waals surface area contributed by atoms with E-state index in [9.17, 15) is 14.4 Å². The van der Waals surface area contributed by atoms with Crippen molar-refractivity contribution < 1.29 is 28.6 Å². The van der Waals surface area contributed by atoms with Gasteiger partial charge in [-0.05, 0) is 73.1 Å². The number of carbonyl (C=O) groups is 3. The summed E-state index contributed by atoms with van der Waals surface area (Å²) in [5.74, 6) is 0.839. The molecule has 1 aromatic rings. The number of esters is 3. The first-order chi connectivity index (χ1) is 14.2. The van der Waals surface area contributed by atoms with Gasteiger partial charge in [-0.15, -0.1) is 0 Å². The maximum Gasteiger partial charge on any atom is 0.308 e. The number of hydrogen-bond donors (Lipinski definition) is 0. The standard InChI is InChI=1S/C24H30O6/c1-13(25)28-17-6-8-18-16(11-17)5-7-20-19(18)9-10-24(4)21(20)12-22(29-14(2)26)23(24)30-15(3)27/h6,8,11,19-23H,5,7,9-10,12H2,1-4H3/t19-,20-,21-,22-,23+,24+/m1/s1. The minimum atomic E-state index is -0.391. The first-order valence-corrected chi connectivity index (χ1v) is 10.8. The van der Waals surface area contributed by atoms with Crippen molar-refractivity contribution in [3.05, 3.63) is 29.3 Å².